The van der Waals surface area contributed by atoms with Gasteiger partial charge in [0.15, 0.2) is 5.78 Å². The van der Waals surface area contributed by atoms with Gasteiger partial charge in [0.25, 0.3) is 0 Å². The first-order valence-electron chi connectivity index (χ1n) is 9.51. The normalized spacial score (nSPS) is 21.1. The highest BCUT2D eigenvalue weighted by atomic mass is 16.5. The number of pyridine rings is 1. The topological polar surface area (TPSA) is 65.5 Å². The second kappa shape index (κ2) is 7.23. The number of ether oxygens (including phenoxy) is 2. The van der Waals surface area contributed by atoms with Crippen molar-refractivity contribution in [1.82, 2.24) is 4.98 Å². The quantitative estimate of drug-likeness (QED) is 0.742. The van der Waals surface area contributed by atoms with Gasteiger partial charge < -0.3 is 9.47 Å². The summed E-state index contributed by atoms with van der Waals surface area (Å²) in [5, 5.41) is 0. The van der Waals surface area contributed by atoms with Crippen molar-refractivity contribution in [2.24, 2.45) is 5.41 Å². The number of nitrogens with zero attached hydrogens (tertiary/aromatic N) is 1. The lowest BCUT2D eigenvalue weighted by Crippen LogP contribution is -2.34. The summed E-state index contributed by atoms with van der Waals surface area (Å²) in [6.07, 6.45) is 2.92. The van der Waals surface area contributed by atoms with Gasteiger partial charge in [-0.3, -0.25) is 14.6 Å². The smallest absolute Gasteiger partial charge is 0.311 e. The van der Waals surface area contributed by atoms with Gasteiger partial charge in [0.05, 0.1) is 12.1 Å². The third kappa shape index (κ3) is 3.70. The van der Waals surface area contributed by atoms with Crippen molar-refractivity contribution in [1.29, 1.82) is 0 Å². The maximum atomic E-state index is 12.9. The van der Waals surface area contributed by atoms with Crippen LogP contribution in [0.25, 0.3) is 0 Å². The molecule has 0 fully saturated rings. The van der Waals surface area contributed by atoms with Crippen LogP contribution in [0.1, 0.15) is 50.3 Å². The second-order valence-corrected chi connectivity index (χ2v) is 8.16. The number of esters is 1. The number of hydrogen-bond donors (Lipinski definition) is 0. The molecule has 28 heavy (non-hydrogen) atoms. The molecule has 2 heterocycles. The molecular weight excluding hydrogens is 354 g/mol. The predicted molar refractivity (Wildman–Crippen MR) is 104 cm³/mol. The van der Waals surface area contributed by atoms with Gasteiger partial charge in [0.1, 0.15) is 18.1 Å². The van der Waals surface area contributed by atoms with Crippen LogP contribution >= 0.6 is 0 Å². The Morgan fingerprint density at radius 2 is 1.89 bits per heavy atom. The molecule has 2 aromatic rings. The third-order valence-corrected chi connectivity index (χ3v) is 5.23. The fourth-order valence-corrected chi connectivity index (χ4v) is 4.01. The summed E-state index contributed by atoms with van der Waals surface area (Å²) in [6, 6.07) is 13.3. The van der Waals surface area contributed by atoms with E-state index < -0.39 is 0 Å². The average Bonchev–Trinajstić information content (AvgIpc) is 2.65. The van der Waals surface area contributed by atoms with E-state index in [1.807, 2.05) is 56.3 Å². The number of Topliss-reactive ketones (excluding diaryl/α,β-unsaturated/α-hetero) is 1. The average molecular weight is 377 g/mol. The molecule has 0 saturated carbocycles. The van der Waals surface area contributed by atoms with Crippen molar-refractivity contribution in [2.45, 2.75) is 45.6 Å². The Hall–Kier alpha value is -2.95. The number of hydrogen-bond acceptors (Lipinski definition) is 5. The van der Waals surface area contributed by atoms with Gasteiger partial charge in [-0.1, -0.05) is 38.1 Å². The minimum Gasteiger partial charge on any atom is -0.487 e. The Bertz CT molecular complexity index is 946. The van der Waals surface area contributed by atoms with E-state index in [1.54, 1.807) is 6.20 Å². The van der Waals surface area contributed by atoms with E-state index in [1.165, 1.54) is 0 Å². The Morgan fingerprint density at radius 1 is 1.11 bits per heavy atom. The Morgan fingerprint density at radius 3 is 2.68 bits per heavy atom. The standard InChI is InChI=1S/C23H23NO4/c1-23(2)12-18(25)22-17(11-21(26)28-20(22)13-23)16-8-3-4-9-19(16)27-14-15-7-5-6-10-24-15/h3-10,17H,11-14H2,1-2H3. The minimum atomic E-state index is -0.334. The molecule has 0 saturated heterocycles. The van der Waals surface area contributed by atoms with E-state index in [0.29, 0.717) is 36.5 Å². The molecule has 1 aromatic carbocycles. The Labute approximate surface area is 164 Å². The van der Waals surface area contributed by atoms with Gasteiger partial charge in [-0.15, -0.1) is 0 Å². The van der Waals surface area contributed by atoms with Gasteiger partial charge in [-0.2, -0.15) is 0 Å². The van der Waals surface area contributed by atoms with Crippen molar-refractivity contribution in [3.05, 3.63) is 71.3 Å². The Kier molecular flexibility index (Phi) is 4.75. The molecule has 2 aliphatic rings. The maximum Gasteiger partial charge on any atom is 0.311 e. The van der Waals surface area contributed by atoms with E-state index in [-0.39, 0.29) is 29.5 Å². The fourth-order valence-electron chi connectivity index (χ4n) is 4.01. The fraction of sp³-hybridized carbons (Fsp3) is 0.348. The molecule has 0 N–H and O–H groups in total. The van der Waals surface area contributed by atoms with E-state index in [4.69, 9.17) is 9.47 Å². The van der Waals surface area contributed by atoms with Crippen LogP contribution in [0.5, 0.6) is 5.75 Å². The first-order chi connectivity index (χ1) is 13.4. The highest BCUT2D eigenvalue weighted by molar-refractivity contribution is 6.00. The van der Waals surface area contributed by atoms with Crippen LogP contribution in [0.15, 0.2) is 60.0 Å². The van der Waals surface area contributed by atoms with E-state index in [2.05, 4.69) is 4.98 Å². The lowest BCUT2D eigenvalue weighted by molar-refractivity contribution is -0.142. The van der Waals surface area contributed by atoms with Crippen molar-refractivity contribution >= 4 is 11.8 Å². The summed E-state index contributed by atoms with van der Waals surface area (Å²) in [5.74, 6) is 0.621. The molecule has 4 rings (SSSR count). The molecular formula is C23H23NO4. The highest BCUT2D eigenvalue weighted by Gasteiger charge is 2.42. The molecule has 0 amide bonds. The van der Waals surface area contributed by atoms with Crippen molar-refractivity contribution in [3.63, 3.8) is 0 Å². The number of carbonyl (C=O) groups excluding carboxylic acids is 2. The minimum absolute atomic E-state index is 0.0586. The van der Waals surface area contributed by atoms with E-state index in [0.717, 1.165) is 11.3 Å². The van der Waals surface area contributed by atoms with Crippen molar-refractivity contribution < 1.29 is 19.1 Å². The summed E-state index contributed by atoms with van der Waals surface area (Å²) in [7, 11) is 0. The van der Waals surface area contributed by atoms with Crippen LogP contribution < -0.4 is 4.74 Å². The molecule has 0 spiro atoms. The van der Waals surface area contributed by atoms with Crippen LogP contribution in [0.2, 0.25) is 0 Å². The number of aromatic nitrogens is 1. The van der Waals surface area contributed by atoms with Crippen LogP contribution in [0.3, 0.4) is 0 Å². The van der Waals surface area contributed by atoms with E-state index >= 15 is 0 Å². The molecule has 1 aromatic heterocycles. The third-order valence-electron chi connectivity index (χ3n) is 5.23. The summed E-state index contributed by atoms with van der Waals surface area (Å²) < 4.78 is 11.5. The first-order valence-corrected chi connectivity index (χ1v) is 9.51. The summed E-state index contributed by atoms with van der Waals surface area (Å²) in [5.41, 5.74) is 2.09. The lowest BCUT2D eigenvalue weighted by atomic mass is 9.71. The first kappa shape index (κ1) is 18.4. The summed E-state index contributed by atoms with van der Waals surface area (Å²) >= 11 is 0. The van der Waals surface area contributed by atoms with Crippen LogP contribution in [-0.4, -0.2) is 16.7 Å². The highest BCUT2D eigenvalue weighted by Crippen LogP contribution is 2.47. The van der Waals surface area contributed by atoms with Crippen LogP contribution in [0.4, 0.5) is 0 Å². The number of benzene rings is 1. The van der Waals surface area contributed by atoms with E-state index in [9.17, 15) is 9.59 Å². The lowest BCUT2D eigenvalue weighted by Gasteiger charge is -2.37. The number of carbonyl (C=O) groups is 2. The predicted octanol–water partition coefficient (Wildman–Crippen LogP) is 4.33. The zero-order valence-corrected chi connectivity index (χ0v) is 16.1. The summed E-state index contributed by atoms with van der Waals surface area (Å²) in [4.78, 5) is 29.5. The number of allylic oxidation sites excluding steroid dienone is 2. The summed E-state index contributed by atoms with van der Waals surface area (Å²) in [6.45, 7) is 4.37. The molecule has 1 aliphatic carbocycles. The van der Waals surface area contributed by atoms with Gasteiger partial charge in [-0.05, 0) is 23.6 Å². The largest absolute Gasteiger partial charge is 0.487 e. The Balaban J connectivity index is 1.68. The number of rotatable bonds is 4. The second-order valence-electron chi connectivity index (χ2n) is 8.16. The number of para-hydroxylation sites is 1. The SMILES string of the molecule is CC1(C)CC(=O)C2=C(C1)OC(=O)CC2c1ccccc1OCc1ccccn1. The molecule has 144 valence electrons. The molecule has 1 atom stereocenters. The molecule has 1 unspecified atom stereocenters. The zero-order chi connectivity index (χ0) is 19.7. The van der Waals surface area contributed by atoms with Crippen molar-refractivity contribution in [2.75, 3.05) is 0 Å². The monoisotopic (exact) mass is 377 g/mol. The van der Waals surface area contributed by atoms with Gasteiger partial charge in [0, 0.05) is 36.1 Å². The molecule has 0 radical (unpaired) electrons. The maximum absolute atomic E-state index is 12.9. The molecule has 0 bridgehead atoms. The number of ketones is 1. The zero-order valence-electron chi connectivity index (χ0n) is 16.1. The van der Waals surface area contributed by atoms with Gasteiger partial charge >= 0.3 is 5.97 Å². The molecule has 5 nitrogen and oxygen atoms in total. The van der Waals surface area contributed by atoms with Gasteiger partial charge in [-0.25, -0.2) is 0 Å². The van der Waals surface area contributed by atoms with Crippen LogP contribution in [0, 0.1) is 5.41 Å². The van der Waals surface area contributed by atoms with Crippen molar-refractivity contribution in [3.8, 4) is 5.75 Å². The molecule has 1 aliphatic heterocycles. The molecule has 5 heteroatoms. The van der Waals surface area contributed by atoms with Gasteiger partial charge in [0.2, 0.25) is 0 Å². The van der Waals surface area contributed by atoms with Crippen LogP contribution in [-0.2, 0) is 20.9 Å².